The summed E-state index contributed by atoms with van der Waals surface area (Å²) < 4.78 is 15.7. The fraction of sp³-hybridized carbons (Fsp3) is 0.280. The largest absolute Gasteiger partial charge is 0.508 e. The van der Waals surface area contributed by atoms with Gasteiger partial charge in [0.15, 0.2) is 0 Å². The highest BCUT2D eigenvalue weighted by Crippen LogP contribution is 2.15. The molecule has 0 aliphatic carbocycles. The summed E-state index contributed by atoms with van der Waals surface area (Å²) in [6.45, 7) is 1.32. The van der Waals surface area contributed by atoms with Gasteiger partial charge in [0.2, 0.25) is 0 Å². The third-order valence-corrected chi connectivity index (χ3v) is 4.78. The Bertz CT molecular complexity index is 871. The van der Waals surface area contributed by atoms with Crippen LogP contribution in [0.2, 0.25) is 0 Å². The van der Waals surface area contributed by atoms with Crippen molar-refractivity contribution in [1.29, 1.82) is 0 Å². The molecule has 0 saturated carbocycles. The van der Waals surface area contributed by atoms with Crippen LogP contribution < -0.4 is 0 Å². The Hall–Kier alpha value is -3.54. The SMILES string of the molecule is O=C(OC/C=C/c1ccccc1)OC1CCN(C(=O)OC/C=C/c2ccccc2)CC1. The van der Waals surface area contributed by atoms with E-state index in [1.54, 1.807) is 11.0 Å². The molecule has 2 aromatic carbocycles. The van der Waals surface area contributed by atoms with E-state index in [0.29, 0.717) is 25.9 Å². The first-order chi connectivity index (χ1) is 15.2. The molecule has 162 valence electrons. The normalized spacial score (nSPS) is 14.6. The molecule has 1 fully saturated rings. The number of ether oxygens (including phenoxy) is 3. The molecule has 2 aromatic rings. The predicted molar refractivity (Wildman–Crippen MR) is 119 cm³/mol. The second-order valence-corrected chi connectivity index (χ2v) is 7.07. The van der Waals surface area contributed by atoms with Gasteiger partial charge in [-0.25, -0.2) is 9.59 Å². The van der Waals surface area contributed by atoms with Crippen LogP contribution in [0.3, 0.4) is 0 Å². The molecule has 0 spiro atoms. The Morgan fingerprint density at radius 2 is 1.32 bits per heavy atom. The van der Waals surface area contributed by atoms with E-state index in [9.17, 15) is 9.59 Å². The highest BCUT2D eigenvalue weighted by atomic mass is 16.7. The standard InChI is InChI=1S/C25H27NO5/c27-24(29-19-7-13-21-9-3-1-4-10-21)26-17-15-23(16-18-26)31-25(28)30-20-8-14-22-11-5-2-6-12-22/h1-14,23H,15-20H2/b13-7+,14-8+. The van der Waals surface area contributed by atoms with Gasteiger partial charge in [0.1, 0.15) is 19.3 Å². The van der Waals surface area contributed by atoms with Crippen LogP contribution in [0, 0.1) is 0 Å². The van der Waals surface area contributed by atoms with Gasteiger partial charge in [-0.3, -0.25) is 0 Å². The van der Waals surface area contributed by atoms with E-state index in [-0.39, 0.29) is 25.4 Å². The maximum absolute atomic E-state index is 12.2. The molecule has 1 amide bonds. The zero-order valence-corrected chi connectivity index (χ0v) is 17.4. The second kappa shape index (κ2) is 12.2. The van der Waals surface area contributed by atoms with E-state index < -0.39 is 6.16 Å². The van der Waals surface area contributed by atoms with Crippen molar-refractivity contribution >= 4 is 24.4 Å². The van der Waals surface area contributed by atoms with Crippen molar-refractivity contribution in [3.05, 3.63) is 83.9 Å². The first kappa shape index (κ1) is 22.2. The molecule has 1 heterocycles. The molecule has 6 heteroatoms. The molecule has 0 radical (unpaired) electrons. The number of hydrogen-bond acceptors (Lipinski definition) is 5. The summed E-state index contributed by atoms with van der Waals surface area (Å²) in [6.07, 6.45) is 7.18. The first-order valence-electron chi connectivity index (χ1n) is 10.4. The molecule has 0 N–H and O–H groups in total. The molecular formula is C25H27NO5. The lowest BCUT2D eigenvalue weighted by Crippen LogP contribution is -2.41. The summed E-state index contributed by atoms with van der Waals surface area (Å²) in [5.41, 5.74) is 2.09. The zero-order valence-electron chi connectivity index (χ0n) is 17.4. The summed E-state index contributed by atoms with van der Waals surface area (Å²) >= 11 is 0. The van der Waals surface area contributed by atoms with E-state index in [1.807, 2.05) is 78.9 Å². The molecule has 31 heavy (non-hydrogen) atoms. The van der Waals surface area contributed by atoms with Crippen molar-refractivity contribution in [2.45, 2.75) is 18.9 Å². The highest BCUT2D eigenvalue weighted by molar-refractivity contribution is 5.68. The van der Waals surface area contributed by atoms with Crippen LogP contribution in [0.4, 0.5) is 9.59 Å². The number of likely N-dealkylation sites (tertiary alicyclic amines) is 1. The van der Waals surface area contributed by atoms with Gasteiger partial charge in [-0.05, 0) is 23.3 Å². The van der Waals surface area contributed by atoms with Crippen molar-refractivity contribution in [2.24, 2.45) is 0 Å². The minimum Gasteiger partial charge on any atom is -0.445 e. The Morgan fingerprint density at radius 1 is 0.806 bits per heavy atom. The van der Waals surface area contributed by atoms with Gasteiger partial charge in [0, 0.05) is 25.9 Å². The van der Waals surface area contributed by atoms with E-state index in [1.165, 1.54) is 0 Å². The van der Waals surface area contributed by atoms with Crippen LogP contribution in [-0.4, -0.2) is 49.6 Å². The average Bonchev–Trinajstić information content (AvgIpc) is 2.81. The van der Waals surface area contributed by atoms with Crippen LogP contribution in [0.15, 0.2) is 72.8 Å². The second-order valence-electron chi connectivity index (χ2n) is 7.07. The van der Waals surface area contributed by atoms with E-state index in [0.717, 1.165) is 11.1 Å². The van der Waals surface area contributed by atoms with Crippen LogP contribution in [0.25, 0.3) is 12.2 Å². The van der Waals surface area contributed by atoms with Crippen molar-refractivity contribution in [2.75, 3.05) is 26.3 Å². The Balaban J connectivity index is 1.29. The van der Waals surface area contributed by atoms with Crippen molar-refractivity contribution in [1.82, 2.24) is 4.90 Å². The number of amides is 1. The van der Waals surface area contributed by atoms with Crippen LogP contribution >= 0.6 is 0 Å². The van der Waals surface area contributed by atoms with Crippen LogP contribution in [0.1, 0.15) is 24.0 Å². The smallest absolute Gasteiger partial charge is 0.445 e. The topological polar surface area (TPSA) is 65.1 Å². The number of rotatable bonds is 7. The monoisotopic (exact) mass is 421 g/mol. The third kappa shape index (κ3) is 8.01. The molecule has 0 bridgehead atoms. The third-order valence-electron chi connectivity index (χ3n) is 4.78. The fourth-order valence-corrected chi connectivity index (χ4v) is 3.15. The molecular weight excluding hydrogens is 394 g/mol. The Labute approximate surface area is 182 Å². The van der Waals surface area contributed by atoms with E-state index >= 15 is 0 Å². The summed E-state index contributed by atoms with van der Waals surface area (Å²) in [7, 11) is 0. The minimum absolute atomic E-state index is 0.148. The van der Waals surface area contributed by atoms with Gasteiger partial charge in [0.25, 0.3) is 0 Å². The quantitative estimate of drug-likeness (QED) is 0.577. The molecule has 1 saturated heterocycles. The van der Waals surface area contributed by atoms with Gasteiger partial charge in [-0.2, -0.15) is 0 Å². The summed E-state index contributed by atoms with van der Waals surface area (Å²) in [4.78, 5) is 25.6. The van der Waals surface area contributed by atoms with Gasteiger partial charge in [-0.15, -0.1) is 0 Å². The summed E-state index contributed by atoms with van der Waals surface area (Å²) in [5, 5.41) is 0. The van der Waals surface area contributed by atoms with Crippen molar-refractivity contribution in [3.63, 3.8) is 0 Å². The molecule has 0 atom stereocenters. The van der Waals surface area contributed by atoms with E-state index in [2.05, 4.69) is 0 Å². The van der Waals surface area contributed by atoms with Crippen molar-refractivity contribution < 1.29 is 23.8 Å². The number of hydrogen-bond donors (Lipinski definition) is 0. The minimum atomic E-state index is -0.690. The molecule has 6 nitrogen and oxygen atoms in total. The summed E-state index contributed by atoms with van der Waals surface area (Å²) in [5.74, 6) is 0. The van der Waals surface area contributed by atoms with Gasteiger partial charge in [-0.1, -0.05) is 72.8 Å². The number of carbonyl (C=O) groups is 2. The molecule has 0 aromatic heterocycles. The number of piperidine rings is 1. The predicted octanol–water partition coefficient (Wildman–Crippen LogP) is 5.17. The van der Waals surface area contributed by atoms with Crippen LogP contribution in [-0.2, 0) is 14.2 Å². The molecule has 1 aliphatic rings. The molecule has 3 rings (SSSR count). The lowest BCUT2D eigenvalue weighted by Gasteiger charge is -2.30. The summed E-state index contributed by atoms with van der Waals surface area (Å²) in [6, 6.07) is 19.6. The Kier molecular flexibility index (Phi) is 8.73. The van der Waals surface area contributed by atoms with Gasteiger partial charge in [0.05, 0.1) is 0 Å². The molecule has 0 unspecified atom stereocenters. The zero-order chi connectivity index (χ0) is 21.7. The van der Waals surface area contributed by atoms with Gasteiger partial charge < -0.3 is 19.1 Å². The maximum atomic E-state index is 12.2. The maximum Gasteiger partial charge on any atom is 0.508 e. The lowest BCUT2D eigenvalue weighted by atomic mass is 10.1. The molecule has 1 aliphatic heterocycles. The Morgan fingerprint density at radius 3 is 1.87 bits per heavy atom. The fourth-order valence-electron chi connectivity index (χ4n) is 3.15. The van der Waals surface area contributed by atoms with E-state index in [4.69, 9.17) is 14.2 Å². The number of carbonyl (C=O) groups excluding carboxylic acids is 2. The highest BCUT2D eigenvalue weighted by Gasteiger charge is 2.26. The van der Waals surface area contributed by atoms with Crippen molar-refractivity contribution in [3.8, 4) is 0 Å². The van der Waals surface area contributed by atoms with Gasteiger partial charge >= 0.3 is 12.2 Å². The lowest BCUT2D eigenvalue weighted by molar-refractivity contribution is 0.00439. The average molecular weight is 421 g/mol. The number of benzene rings is 2. The van der Waals surface area contributed by atoms with Crippen LogP contribution in [0.5, 0.6) is 0 Å². The first-order valence-corrected chi connectivity index (χ1v) is 10.4. The number of nitrogens with zero attached hydrogens (tertiary/aromatic N) is 1.